The molecule has 4 rings (SSSR count). The quantitative estimate of drug-likeness (QED) is 0.549. The van der Waals surface area contributed by atoms with Gasteiger partial charge in [0, 0.05) is 34.1 Å². The first-order chi connectivity index (χ1) is 13.0. The first-order valence-corrected chi connectivity index (χ1v) is 9.27. The maximum Gasteiger partial charge on any atom is 1.00 e. The monoisotopic (exact) mass is 424 g/mol. The average molecular weight is 425 g/mol. The van der Waals surface area contributed by atoms with Crippen molar-refractivity contribution in [3.8, 4) is 0 Å². The van der Waals surface area contributed by atoms with Crippen molar-refractivity contribution in [3.05, 3.63) is 63.6 Å². The third-order valence-corrected chi connectivity index (χ3v) is 5.42. The fourth-order valence-electron chi connectivity index (χ4n) is 3.68. The number of carbonyl (C=O) groups is 2. The van der Waals surface area contributed by atoms with E-state index in [4.69, 9.17) is 23.2 Å². The summed E-state index contributed by atoms with van der Waals surface area (Å²) in [6, 6.07) is 11.6. The third-order valence-electron chi connectivity index (χ3n) is 4.90. The average Bonchev–Trinajstić information content (AvgIpc) is 3.02. The molecule has 1 amide bonds. The molecule has 2 heterocycles. The second-order valence-electron chi connectivity index (χ2n) is 6.53. The Kier molecular flexibility index (Phi) is 6.42. The smallest absolute Gasteiger partial charge is 0.548 e. The van der Waals surface area contributed by atoms with Gasteiger partial charge in [0.15, 0.2) is 0 Å². The van der Waals surface area contributed by atoms with Crippen LogP contribution in [0.5, 0.6) is 0 Å². The molecule has 0 radical (unpaired) electrons. The molecule has 28 heavy (non-hydrogen) atoms. The summed E-state index contributed by atoms with van der Waals surface area (Å²) in [5.74, 6) is -1.37. The van der Waals surface area contributed by atoms with E-state index in [0.29, 0.717) is 45.4 Å². The topological polar surface area (TPSA) is 72.5 Å². The molecule has 1 N–H and O–H groups in total. The summed E-state index contributed by atoms with van der Waals surface area (Å²) < 4.78 is 0. The van der Waals surface area contributed by atoms with Gasteiger partial charge >= 0.3 is 29.6 Å². The number of carboxylic acids is 1. The Morgan fingerprint density at radius 3 is 2.54 bits per heavy atom. The van der Waals surface area contributed by atoms with Crippen molar-refractivity contribution in [2.24, 2.45) is 0 Å². The van der Waals surface area contributed by atoms with Crippen LogP contribution in [0.4, 0.5) is 11.4 Å². The molecule has 5 nitrogen and oxygen atoms in total. The summed E-state index contributed by atoms with van der Waals surface area (Å²) in [6.07, 6.45) is 0.640. The first kappa shape index (κ1) is 21.2. The van der Waals surface area contributed by atoms with Gasteiger partial charge in [0.2, 0.25) is 0 Å². The van der Waals surface area contributed by atoms with Crippen LogP contribution in [0, 0.1) is 0 Å². The van der Waals surface area contributed by atoms with Gasteiger partial charge in [-0.05, 0) is 42.7 Å². The molecule has 1 fully saturated rings. The molecule has 1 unspecified atom stereocenters. The summed E-state index contributed by atoms with van der Waals surface area (Å²) in [7, 11) is 0. The van der Waals surface area contributed by atoms with E-state index < -0.39 is 12.0 Å². The van der Waals surface area contributed by atoms with Gasteiger partial charge in [0.1, 0.15) is 0 Å². The van der Waals surface area contributed by atoms with Crippen molar-refractivity contribution in [1.29, 1.82) is 0 Å². The van der Waals surface area contributed by atoms with Crippen molar-refractivity contribution in [3.63, 3.8) is 0 Å². The number of para-hydroxylation sites is 1. The predicted molar refractivity (Wildman–Crippen MR) is 104 cm³/mol. The number of hydrogen-bond acceptors (Lipinski definition) is 4. The van der Waals surface area contributed by atoms with Crippen LogP contribution in [0.15, 0.2) is 48.0 Å². The molecule has 0 spiro atoms. The number of nitrogens with zero attached hydrogens (tertiary/aromatic N) is 1. The minimum Gasteiger partial charge on any atom is -0.548 e. The second-order valence-corrected chi connectivity index (χ2v) is 7.37. The summed E-state index contributed by atoms with van der Waals surface area (Å²) >= 11 is 12.5. The zero-order chi connectivity index (χ0) is 19.1. The van der Waals surface area contributed by atoms with Gasteiger partial charge in [-0.3, -0.25) is 4.79 Å². The molecule has 2 aromatic rings. The van der Waals surface area contributed by atoms with E-state index in [-0.39, 0.29) is 41.9 Å². The SMILES string of the molecule is O=C([O-])C1C/C(=C2/CCN(c3ccccc3)C2=O)c2c(Cl)cc(Cl)cc2N1.[Na+]. The van der Waals surface area contributed by atoms with Crippen molar-refractivity contribution in [2.75, 3.05) is 16.8 Å². The number of carbonyl (C=O) groups excluding carboxylic acids is 2. The number of amides is 1. The van der Waals surface area contributed by atoms with Crippen molar-refractivity contribution in [1.82, 2.24) is 0 Å². The summed E-state index contributed by atoms with van der Waals surface area (Å²) in [5.41, 5.74) is 3.17. The van der Waals surface area contributed by atoms with Gasteiger partial charge in [-0.2, -0.15) is 0 Å². The van der Waals surface area contributed by atoms with Crippen molar-refractivity contribution >= 4 is 52.0 Å². The minimum absolute atomic E-state index is 0. The fourth-order valence-corrected chi connectivity index (χ4v) is 4.29. The van der Waals surface area contributed by atoms with Gasteiger partial charge in [-0.25, -0.2) is 0 Å². The maximum absolute atomic E-state index is 13.1. The molecule has 1 saturated heterocycles. The molecule has 2 aliphatic rings. The number of rotatable bonds is 2. The molecular formula is C20H15Cl2N2NaO3. The number of carboxylic acid groups (broad SMARTS) is 1. The van der Waals surface area contributed by atoms with Crippen LogP contribution in [-0.2, 0) is 9.59 Å². The number of hydrogen-bond donors (Lipinski definition) is 1. The molecule has 0 bridgehead atoms. The Bertz CT molecular complexity index is 979. The van der Waals surface area contributed by atoms with Crippen LogP contribution in [0.1, 0.15) is 18.4 Å². The summed E-state index contributed by atoms with van der Waals surface area (Å²) in [6.45, 7) is 0.533. The molecule has 2 aliphatic heterocycles. The van der Waals surface area contributed by atoms with Gasteiger partial charge in [0.05, 0.1) is 17.0 Å². The molecule has 8 heteroatoms. The second kappa shape index (κ2) is 8.47. The summed E-state index contributed by atoms with van der Waals surface area (Å²) in [5, 5.41) is 15.2. The molecule has 138 valence electrons. The molecule has 0 saturated carbocycles. The number of nitrogens with one attached hydrogen (secondary N) is 1. The van der Waals surface area contributed by atoms with E-state index in [9.17, 15) is 14.7 Å². The van der Waals surface area contributed by atoms with Gasteiger partial charge < -0.3 is 20.1 Å². The normalized spacial score (nSPS) is 21.0. The van der Waals surface area contributed by atoms with Gasteiger partial charge in [-0.15, -0.1) is 0 Å². The van der Waals surface area contributed by atoms with Gasteiger partial charge in [0.25, 0.3) is 5.91 Å². The van der Waals surface area contributed by atoms with E-state index in [1.807, 2.05) is 30.3 Å². The van der Waals surface area contributed by atoms with E-state index in [0.717, 1.165) is 5.69 Å². The molecular weight excluding hydrogens is 410 g/mol. The molecule has 1 atom stereocenters. The van der Waals surface area contributed by atoms with Crippen LogP contribution < -0.4 is 44.9 Å². The Hall–Kier alpha value is -1.50. The number of anilines is 2. The largest absolute Gasteiger partial charge is 1.00 e. The van der Waals surface area contributed by atoms with Crippen LogP contribution in [-0.4, -0.2) is 24.5 Å². The van der Waals surface area contributed by atoms with E-state index in [2.05, 4.69) is 5.32 Å². The van der Waals surface area contributed by atoms with Crippen LogP contribution in [0.25, 0.3) is 5.57 Å². The predicted octanol–water partition coefficient (Wildman–Crippen LogP) is 0.122. The zero-order valence-corrected chi connectivity index (χ0v) is 18.7. The van der Waals surface area contributed by atoms with Crippen LogP contribution in [0.3, 0.4) is 0 Å². The Labute approximate surface area is 194 Å². The van der Waals surface area contributed by atoms with Crippen molar-refractivity contribution < 1.29 is 44.3 Å². The number of benzene rings is 2. The number of fused-ring (bicyclic) bond motifs is 1. The first-order valence-electron chi connectivity index (χ1n) is 8.51. The summed E-state index contributed by atoms with van der Waals surface area (Å²) in [4.78, 5) is 26.3. The van der Waals surface area contributed by atoms with E-state index >= 15 is 0 Å². The van der Waals surface area contributed by atoms with Crippen molar-refractivity contribution in [2.45, 2.75) is 18.9 Å². The number of aliphatic carboxylic acids is 1. The maximum atomic E-state index is 13.1. The van der Waals surface area contributed by atoms with Gasteiger partial charge in [-0.1, -0.05) is 41.4 Å². The third kappa shape index (κ3) is 3.82. The van der Waals surface area contributed by atoms with Crippen LogP contribution in [0.2, 0.25) is 10.0 Å². The fraction of sp³-hybridized carbons (Fsp3) is 0.200. The Morgan fingerprint density at radius 1 is 1.14 bits per heavy atom. The minimum atomic E-state index is -1.24. The molecule has 0 aliphatic carbocycles. The standard InChI is InChI=1S/C20H16Cl2N2O3.Na/c21-11-8-15(22)18-14(10-17(20(26)27)23-16(18)9-11)13-6-7-24(19(13)25)12-4-2-1-3-5-12;/h1-5,8-9,17,23H,6-7,10H2,(H,26,27);/q;+1/p-1/b14-13+;. The van der Waals surface area contributed by atoms with E-state index in [1.54, 1.807) is 17.0 Å². The molecule has 0 aromatic heterocycles. The Morgan fingerprint density at radius 2 is 1.86 bits per heavy atom. The van der Waals surface area contributed by atoms with Crippen LogP contribution >= 0.6 is 23.2 Å². The Balaban J connectivity index is 0.00000225. The van der Waals surface area contributed by atoms with E-state index in [1.165, 1.54) is 0 Å². The zero-order valence-electron chi connectivity index (χ0n) is 15.2. The number of halogens is 2. The molecule has 2 aromatic carbocycles.